The van der Waals surface area contributed by atoms with Crippen LogP contribution in [0.5, 0.6) is 0 Å². The number of likely N-dealkylation sites (tertiary alicyclic amines) is 1. The molecule has 0 saturated carbocycles. The molecule has 224 valence electrons. The van der Waals surface area contributed by atoms with Crippen molar-refractivity contribution in [2.75, 3.05) is 26.3 Å². The van der Waals surface area contributed by atoms with Gasteiger partial charge in [0, 0.05) is 24.9 Å². The van der Waals surface area contributed by atoms with E-state index in [1.807, 2.05) is 6.92 Å². The molecule has 0 aromatic heterocycles. The number of hydrogen-bond acceptors (Lipinski definition) is 5. The first kappa shape index (κ1) is 33.8. The van der Waals surface area contributed by atoms with E-state index in [1.54, 1.807) is 45.1 Å². The van der Waals surface area contributed by atoms with Crippen LogP contribution < -0.4 is 0 Å². The Labute approximate surface area is 237 Å². The monoisotopic (exact) mass is 565 g/mol. The number of hydrogen-bond donors (Lipinski definition) is 1. The van der Waals surface area contributed by atoms with Gasteiger partial charge in [0.1, 0.15) is 11.7 Å². The van der Waals surface area contributed by atoms with Crippen LogP contribution in [-0.2, 0) is 14.3 Å². The minimum absolute atomic E-state index is 0.0139. The third-order valence-electron chi connectivity index (χ3n) is 7.29. The van der Waals surface area contributed by atoms with Gasteiger partial charge in [-0.25, -0.2) is 13.2 Å². The number of ether oxygens (including phenoxy) is 2. The van der Waals surface area contributed by atoms with Crippen molar-refractivity contribution >= 4 is 5.97 Å². The molecule has 1 fully saturated rings. The molecule has 2 rings (SSSR count). The zero-order chi connectivity index (χ0) is 29.7. The molecule has 1 aliphatic heterocycles. The average molecular weight is 566 g/mol. The summed E-state index contributed by atoms with van der Waals surface area (Å²) in [7, 11) is 0. The Morgan fingerprint density at radius 1 is 1.32 bits per heavy atom. The highest BCUT2D eigenvalue weighted by atomic mass is 19.2. The Morgan fingerprint density at radius 2 is 2.08 bits per heavy atom. The first-order valence-corrected chi connectivity index (χ1v) is 14.4. The molecule has 1 aliphatic carbocycles. The number of esters is 1. The first-order valence-electron chi connectivity index (χ1n) is 14.4. The Morgan fingerprint density at radius 3 is 2.73 bits per heavy atom. The van der Waals surface area contributed by atoms with E-state index in [-0.39, 0.29) is 36.8 Å². The molecule has 0 aromatic carbocycles. The zero-order valence-electron chi connectivity index (χ0n) is 24.6. The number of aliphatic hydroxyl groups excluding tert-OH is 1. The molecule has 5 nitrogen and oxygen atoms in total. The first-order chi connectivity index (χ1) is 19.0. The molecule has 1 unspecified atom stereocenters. The zero-order valence-corrected chi connectivity index (χ0v) is 24.6. The van der Waals surface area contributed by atoms with Gasteiger partial charge in [0.15, 0.2) is 5.83 Å². The standard InChI is InChI=1S/C32H46F3NO4/c1-6-26(11-8-9-13-32(38)39-7-2)29(19-31(35)23(4)33)24(5)40-21-28(37)20-36-16-10-12-27(36)17-25-15-14-22(3)30(34)18-25/h6,8,11,15,18-19,22,24,27-28,37H,7,9-10,12-14,16-17,20-21H2,1-5H3/b11-8+,26-6-,29-19-,31-23-/t22?,24-,27+,28-/m1/s1. The van der Waals surface area contributed by atoms with Crippen LogP contribution in [0.15, 0.2) is 70.7 Å². The molecular weight excluding hydrogens is 519 g/mol. The Hall–Kier alpha value is -2.42. The van der Waals surface area contributed by atoms with Crippen molar-refractivity contribution in [2.45, 2.75) is 91.4 Å². The molecule has 1 heterocycles. The Balaban J connectivity index is 2.00. The van der Waals surface area contributed by atoms with Crippen molar-refractivity contribution < 1.29 is 32.5 Å². The molecule has 4 atom stereocenters. The van der Waals surface area contributed by atoms with Gasteiger partial charge in [-0.2, -0.15) is 0 Å². The fourth-order valence-corrected chi connectivity index (χ4v) is 4.94. The quantitative estimate of drug-likeness (QED) is 0.166. The number of carbonyl (C=O) groups is 1. The van der Waals surface area contributed by atoms with Gasteiger partial charge in [-0.15, -0.1) is 0 Å². The second kappa shape index (κ2) is 17.4. The van der Waals surface area contributed by atoms with Gasteiger partial charge >= 0.3 is 5.97 Å². The predicted molar refractivity (Wildman–Crippen MR) is 153 cm³/mol. The number of rotatable bonds is 15. The lowest BCUT2D eigenvalue weighted by Gasteiger charge is -2.28. The van der Waals surface area contributed by atoms with Crippen LogP contribution in [0.1, 0.15) is 73.1 Å². The van der Waals surface area contributed by atoms with Crippen molar-refractivity contribution in [1.82, 2.24) is 4.90 Å². The van der Waals surface area contributed by atoms with Crippen LogP contribution in [0.3, 0.4) is 0 Å². The largest absolute Gasteiger partial charge is 0.466 e. The van der Waals surface area contributed by atoms with Crippen molar-refractivity contribution in [1.29, 1.82) is 0 Å². The van der Waals surface area contributed by atoms with Crippen LogP contribution in [0.2, 0.25) is 0 Å². The lowest BCUT2D eigenvalue weighted by Crippen LogP contribution is -2.39. The molecule has 0 bridgehead atoms. The molecule has 0 radical (unpaired) electrons. The van der Waals surface area contributed by atoms with E-state index in [2.05, 4.69) is 11.0 Å². The SMILES string of the molecule is C/C=C(/C=C/CCC(=O)OCC)C(=C/C(F)=C(\C)F)\[C@@H](C)OC[C@H](O)CN1CCC[C@H]1CC1=CCC(C)C(F)=C1. The van der Waals surface area contributed by atoms with E-state index < -0.39 is 23.9 Å². The summed E-state index contributed by atoms with van der Waals surface area (Å²) < 4.78 is 52.9. The molecule has 0 amide bonds. The maximum absolute atomic E-state index is 14.3. The number of carbonyl (C=O) groups excluding carboxylic acids is 1. The molecule has 0 spiro atoms. The maximum atomic E-state index is 14.3. The Kier molecular flexibility index (Phi) is 14.7. The fourth-order valence-electron chi connectivity index (χ4n) is 4.94. The summed E-state index contributed by atoms with van der Waals surface area (Å²) in [5.41, 5.74) is 2.05. The summed E-state index contributed by atoms with van der Waals surface area (Å²) >= 11 is 0. The van der Waals surface area contributed by atoms with Crippen LogP contribution >= 0.6 is 0 Å². The summed E-state index contributed by atoms with van der Waals surface area (Å²) in [5.74, 6) is -2.38. The smallest absolute Gasteiger partial charge is 0.306 e. The number of aliphatic hydroxyl groups is 1. The summed E-state index contributed by atoms with van der Waals surface area (Å²) in [6.45, 7) is 9.77. The molecule has 8 heteroatoms. The summed E-state index contributed by atoms with van der Waals surface area (Å²) in [5, 5.41) is 10.8. The van der Waals surface area contributed by atoms with E-state index in [0.717, 1.165) is 44.4 Å². The number of nitrogens with zero attached hydrogens (tertiary/aromatic N) is 1. The number of allylic oxidation sites excluding steroid dienone is 9. The van der Waals surface area contributed by atoms with Gasteiger partial charge in [0.2, 0.25) is 0 Å². The van der Waals surface area contributed by atoms with E-state index in [9.17, 15) is 23.1 Å². The van der Waals surface area contributed by atoms with Crippen molar-refractivity contribution in [3.05, 3.63) is 70.7 Å². The highest BCUT2D eigenvalue weighted by Crippen LogP contribution is 2.30. The summed E-state index contributed by atoms with van der Waals surface area (Å²) in [6, 6.07) is 0.229. The van der Waals surface area contributed by atoms with Gasteiger partial charge in [0.05, 0.1) is 25.4 Å². The molecular formula is C32H46F3NO4. The van der Waals surface area contributed by atoms with Gasteiger partial charge in [-0.05, 0) is 95.2 Å². The molecule has 1 saturated heterocycles. The molecule has 2 aliphatic rings. The second-order valence-electron chi connectivity index (χ2n) is 10.5. The lowest BCUT2D eigenvalue weighted by molar-refractivity contribution is -0.143. The van der Waals surface area contributed by atoms with Crippen LogP contribution in [0.4, 0.5) is 13.2 Å². The van der Waals surface area contributed by atoms with Gasteiger partial charge in [0.25, 0.3) is 0 Å². The molecule has 1 N–H and O–H groups in total. The fraction of sp³-hybridized carbons (Fsp3) is 0.594. The topological polar surface area (TPSA) is 59.0 Å². The maximum Gasteiger partial charge on any atom is 0.306 e. The number of halogens is 3. The summed E-state index contributed by atoms with van der Waals surface area (Å²) in [6.07, 6.45) is 12.8. The summed E-state index contributed by atoms with van der Waals surface area (Å²) in [4.78, 5) is 13.8. The van der Waals surface area contributed by atoms with E-state index in [1.165, 1.54) is 0 Å². The highest BCUT2D eigenvalue weighted by molar-refractivity contribution is 5.69. The average Bonchev–Trinajstić information content (AvgIpc) is 3.34. The third-order valence-corrected chi connectivity index (χ3v) is 7.29. The van der Waals surface area contributed by atoms with Crippen LogP contribution in [-0.4, -0.2) is 60.5 Å². The van der Waals surface area contributed by atoms with Crippen molar-refractivity contribution in [2.24, 2.45) is 5.92 Å². The third kappa shape index (κ3) is 11.2. The number of β-amino-alcohol motifs (C(OH)–C–C–N with tert-alkyl or cyclic N) is 1. The van der Waals surface area contributed by atoms with Crippen molar-refractivity contribution in [3.8, 4) is 0 Å². The second-order valence-corrected chi connectivity index (χ2v) is 10.5. The van der Waals surface area contributed by atoms with Crippen molar-refractivity contribution in [3.63, 3.8) is 0 Å². The van der Waals surface area contributed by atoms with E-state index in [4.69, 9.17) is 9.47 Å². The van der Waals surface area contributed by atoms with E-state index >= 15 is 0 Å². The normalized spacial score (nSPS) is 23.1. The van der Waals surface area contributed by atoms with Gasteiger partial charge < -0.3 is 14.6 Å². The predicted octanol–water partition coefficient (Wildman–Crippen LogP) is 7.37. The van der Waals surface area contributed by atoms with Crippen LogP contribution in [0.25, 0.3) is 0 Å². The highest BCUT2D eigenvalue weighted by Gasteiger charge is 2.28. The van der Waals surface area contributed by atoms with Crippen LogP contribution in [0, 0.1) is 5.92 Å². The Bertz CT molecular complexity index is 1020. The molecule has 0 aromatic rings. The lowest BCUT2D eigenvalue weighted by atomic mass is 9.93. The van der Waals surface area contributed by atoms with Gasteiger partial charge in [-0.1, -0.05) is 31.2 Å². The van der Waals surface area contributed by atoms with E-state index in [0.29, 0.717) is 37.1 Å². The minimum atomic E-state index is -0.998. The molecule has 40 heavy (non-hydrogen) atoms. The minimum Gasteiger partial charge on any atom is -0.466 e. The van der Waals surface area contributed by atoms with Gasteiger partial charge in [-0.3, -0.25) is 9.69 Å².